The van der Waals surface area contributed by atoms with Crippen LogP contribution in [0.1, 0.15) is 40.7 Å². The summed E-state index contributed by atoms with van der Waals surface area (Å²) in [5, 5.41) is 14.0. The third-order valence-electron chi connectivity index (χ3n) is 6.03. The van der Waals surface area contributed by atoms with E-state index >= 15 is 0 Å². The number of ether oxygens (including phenoxy) is 1. The van der Waals surface area contributed by atoms with Crippen LogP contribution in [0.3, 0.4) is 0 Å². The van der Waals surface area contributed by atoms with Crippen LogP contribution in [0.2, 0.25) is 0 Å². The lowest BCUT2D eigenvalue weighted by Crippen LogP contribution is -2.29. The summed E-state index contributed by atoms with van der Waals surface area (Å²) in [7, 11) is 0. The summed E-state index contributed by atoms with van der Waals surface area (Å²) in [6.45, 7) is 4.21. The molecule has 182 valence electrons. The number of aliphatic hydroxyl groups is 1. The highest BCUT2D eigenvalue weighted by molar-refractivity contribution is 7.10. The Hall–Kier alpha value is -4.17. The number of rotatable bonds is 6. The number of benzene rings is 2. The number of hydrogen-bond acceptors (Lipinski definition) is 6. The minimum absolute atomic E-state index is 0.0209. The molecule has 8 heteroatoms. The Labute approximate surface area is 211 Å². The molecule has 1 unspecified atom stereocenters. The zero-order valence-electron chi connectivity index (χ0n) is 19.7. The van der Waals surface area contributed by atoms with E-state index in [9.17, 15) is 19.5 Å². The third kappa shape index (κ3) is 4.09. The number of H-pyrrole nitrogens is 1. The van der Waals surface area contributed by atoms with Crippen molar-refractivity contribution in [1.82, 2.24) is 4.98 Å². The molecule has 4 aromatic rings. The monoisotopic (exact) mass is 500 g/mol. The van der Waals surface area contributed by atoms with Gasteiger partial charge in [0.25, 0.3) is 11.7 Å². The fourth-order valence-electron chi connectivity index (χ4n) is 4.31. The van der Waals surface area contributed by atoms with Gasteiger partial charge in [-0.05, 0) is 47.7 Å². The number of nitrogens with one attached hydrogen (secondary N) is 1. The number of nitrogens with zero attached hydrogens (tertiary/aromatic N) is 1. The number of esters is 1. The summed E-state index contributed by atoms with van der Waals surface area (Å²) in [5.74, 6) is -1.99. The Kier molecular flexibility index (Phi) is 6.20. The molecule has 1 saturated heterocycles. The Balaban J connectivity index is 1.57. The van der Waals surface area contributed by atoms with Gasteiger partial charge in [-0.15, -0.1) is 11.3 Å². The Morgan fingerprint density at radius 3 is 2.53 bits per heavy atom. The SMILES string of the molecule is CC(C)COC(=O)c1ccc(N2C(=O)C(=O)/C(=C(\O)c3c[nH]c4ccccc34)C2c2cccs2)cc1. The lowest BCUT2D eigenvalue weighted by molar-refractivity contribution is -0.132. The number of ketones is 1. The van der Waals surface area contributed by atoms with Crippen molar-refractivity contribution in [3.8, 4) is 0 Å². The summed E-state index contributed by atoms with van der Waals surface area (Å²) in [6, 6.07) is 16.7. The molecular formula is C28H24N2O5S. The highest BCUT2D eigenvalue weighted by atomic mass is 32.1. The average molecular weight is 501 g/mol. The van der Waals surface area contributed by atoms with Gasteiger partial charge in [0.1, 0.15) is 11.8 Å². The largest absolute Gasteiger partial charge is 0.507 e. The maximum absolute atomic E-state index is 13.3. The number of thiophene rings is 1. The fourth-order valence-corrected chi connectivity index (χ4v) is 5.13. The number of anilines is 1. The lowest BCUT2D eigenvalue weighted by atomic mass is 9.99. The molecular weight excluding hydrogens is 476 g/mol. The van der Waals surface area contributed by atoms with Crippen molar-refractivity contribution in [3.63, 3.8) is 0 Å². The molecule has 2 aromatic heterocycles. The van der Waals surface area contributed by atoms with Crippen LogP contribution in [-0.4, -0.2) is 34.4 Å². The first-order chi connectivity index (χ1) is 17.4. The van der Waals surface area contributed by atoms with Crippen LogP contribution >= 0.6 is 11.3 Å². The predicted molar refractivity (Wildman–Crippen MR) is 139 cm³/mol. The van der Waals surface area contributed by atoms with Gasteiger partial charge < -0.3 is 14.8 Å². The van der Waals surface area contributed by atoms with E-state index in [1.165, 1.54) is 16.2 Å². The van der Waals surface area contributed by atoms with Crippen molar-refractivity contribution in [2.24, 2.45) is 5.92 Å². The van der Waals surface area contributed by atoms with E-state index in [2.05, 4.69) is 4.98 Å². The second kappa shape index (κ2) is 9.47. The van der Waals surface area contributed by atoms with Gasteiger partial charge >= 0.3 is 5.97 Å². The van der Waals surface area contributed by atoms with Crippen molar-refractivity contribution in [2.45, 2.75) is 19.9 Å². The maximum atomic E-state index is 13.3. The molecule has 1 amide bonds. The average Bonchev–Trinajstić information content (AvgIpc) is 3.61. The summed E-state index contributed by atoms with van der Waals surface area (Å²) >= 11 is 1.39. The number of fused-ring (bicyclic) bond motifs is 1. The van der Waals surface area contributed by atoms with Gasteiger partial charge in [0, 0.05) is 33.2 Å². The lowest BCUT2D eigenvalue weighted by Gasteiger charge is -2.24. The molecule has 2 N–H and O–H groups in total. The zero-order valence-corrected chi connectivity index (χ0v) is 20.5. The first-order valence-electron chi connectivity index (χ1n) is 11.5. The quantitative estimate of drug-likeness (QED) is 0.154. The molecule has 7 nitrogen and oxygen atoms in total. The number of para-hydroxylation sites is 1. The molecule has 0 saturated carbocycles. The van der Waals surface area contributed by atoms with E-state index in [4.69, 9.17) is 4.74 Å². The molecule has 1 fully saturated rings. The van der Waals surface area contributed by atoms with E-state index in [0.29, 0.717) is 23.4 Å². The van der Waals surface area contributed by atoms with E-state index in [1.54, 1.807) is 30.5 Å². The molecule has 1 atom stereocenters. The van der Waals surface area contributed by atoms with Crippen molar-refractivity contribution < 1.29 is 24.2 Å². The molecule has 5 rings (SSSR count). The third-order valence-corrected chi connectivity index (χ3v) is 6.96. The molecule has 36 heavy (non-hydrogen) atoms. The van der Waals surface area contributed by atoms with Gasteiger partial charge in [0.15, 0.2) is 0 Å². The van der Waals surface area contributed by atoms with Gasteiger partial charge in [-0.25, -0.2) is 4.79 Å². The van der Waals surface area contributed by atoms with E-state index in [0.717, 1.165) is 15.8 Å². The molecule has 1 aliphatic heterocycles. The standard InChI is InChI=1S/C28H24N2O5S/c1-16(2)15-35-28(34)17-9-11-18(12-10-17)30-24(22-8-5-13-36-22)23(26(32)27(30)33)25(31)20-14-29-21-7-4-3-6-19(20)21/h3-14,16,24,29,31H,15H2,1-2H3/b25-23-. The van der Waals surface area contributed by atoms with Gasteiger partial charge in [-0.1, -0.05) is 38.1 Å². The topological polar surface area (TPSA) is 99.7 Å². The van der Waals surface area contributed by atoms with Gasteiger partial charge in [0.05, 0.1) is 17.7 Å². The van der Waals surface area contributed by atoms with Crippen LogP contribution in [0.5, 0.6) is 0 Å². The molecule has 1 aliphatic rings. The first kappa shape index (κ1) is 23.6. The number of aliphatic hydroxyl groups excluding tert-OH is 1. The second-order valence-electron chi connectivity index (χ2n) is 8.97. The number of aromatic amines is 1. The maximum Gasteiger partial charge on any atom is 0.338 e. The van der Waals surface area contributed by atoms with E-state index in [1.807, 2.05) is 55.6 Å². The van der Waals surface area contributed by atoms with Crippen LogP contribution in [0.25, 0.3) is 16.7 Å². The molecule has 0 radical (unpaired) electrons. The Morgan fingerprint density at radius 2 is 1.83 bits per heavy atom. The van der Waals surface area contributed by atoms with E-state index in [-0.39, 0.29) is 17.3 Å². The first-order valence-corrected chi connectivity index (χ1v) is 12.4. The molecule has 3 heterocycles. The number of amides is 1. The minimum Gasteiger partial charge on any atom is -0.507 e. The van der Waals surface area contributed by atoms with E-state index < -0.39 is 23.7 Å². The van der Waals surface area contributed by atoms with Crippen molar-refractivity contribution in [2.75, 3.05) is 11.5 Å². The summed E-state index contributed by atoms with van der Waals surface area (Å²) in [4.78, 5) is 44.1. The van der Waals surface area contributed by atoms with Crippen molar-refractivity contribution in [1.29, 1.82) is 0 Å². The normalized spacial score (nSPS) is 17.3. The number of aromatic nitrogens is 1. The Morgan fingerprint density at radius 1 is 1.08 bits per heavy atom. The van der Waals surface area contributed by atoms with Crippen LogP contribution in [0.15, 0.2) is 77.8 Å². The smallest absolute Gasteiger partial charge is 0.338 e. The summed E-state index contributed by atoms with van der Waals surface area (Å²) in [6.07, 6.45) is 1.64. The summed E-state index contributed by atoms with van der Waals surface area (Å²) in [5.41, 5.74) is 2.07. The summed E-state index contributed by atoms with van der Waals surface area (Å²) < 4.78 is 5.28. The molecule has 0 spiro atoms. The van der Waals surface area contributed by atoms with Gasteiger partial charge in [-0.2, -0.15) is 0 Å². The zero-order chi connectivity index (χ0) is 25.4. The molecule has 0 aliphatic carbocycles. The van der Waals surface area contributed by atoms with Crippen LogP contribution in [-0.2, 0) is 14.3 Å². The number of carbonyl (C=O) groups is 3. The highest BCUT2D eigenvalue weighted by Crippen LogP contribution is 2.44. The fraction of sp³-hybridized carbons (Fsp3) is 0.179. The predicted octanol–water partition coefficient (Wildman–Crippen LogP) is 5.67. The number of carbonyl (C=O) groups excluding carboxylic acids is 3. The molecule has 0 bridgehead atoms. The van der Waals surface area contributed by atoms with Crippen molar-refractivity contribution >= 4 is 51.3 Å². The number of hydrogen-bond donors (Lipinski definition) is 2. The highest BCUT2D eigenvalue weighted by Gasteiger charge is 2.47. The Bertz CT molecular complexity index is 1480. The number of Topliss-reactive ketones (excluding diaryl/α,β-unsaturated/α-hetero) is 1. The minimum atomic E-state index is -0.808. The van der Waals surface area contributed by atoms with Crippen LogP contribution in [0, 0.1) is 5.92 Å². The van der Waals surface area contributed by atoms with Gasteiger partial charge in [-0.3, -0.25) is 14.5 Å². The van der Waals surface area contributed by atoms with Crippen LogP contribution < -0.4 is 4.90 Å². The second-order valence-corrected chi connectivity index (χ2v) is 9.95. The van der Waals surface area contributed by atoms with Gasteiger partial charge in [0.2, 0.25) is 0 Å². The molecule has 2 aromatic carbocycles. The van der Waals surface area contributed by atoms with Crippen molar-refractivity contribution in [3.05, 3.63) is 93.8 Å². The van der Waals surface area contributed by atoms with Crippen LogP contribution in [0.4, 0.5) is 5.69 Å².